The van der Waals surface area contributed by atoms with Crippen LogP contribution in [0.5, 0.6) is 0 Å². The van der Waals surface area contributed by atoms with Crippen molar-refractivity contribution in [1.29, 1.82) is 0 Å². The van der Waals surface area contributed by atoms with Crippen molar-refractivity contribution in [3.05, 3.63) is 64.7 Å². The molecule has 0 unspecified atom stereocenters. The monoisotopic (exact) mass is 359 g/mol. The van der Waals surface area contributed by atoms with Crippen LogP contribution >= 0.6 is 11.3 Å². The molecule has 3 heterocycles. The third-order valence-electron chi connectivity index (χ3n) is 5.50. The van der Waals surface area contributed by atoms with Gasteiger partial charge in [-0.2, -0.15) is 0 Å². The Bertz CT molecular complexity index is 1080. The first-order valence-electron chi connectivity index (χ1n) is 9.26. The molecule has 1 atom stereocenters. The first-order valence-corrected chi connectivity index (χ1v) is 10.1. The van der Waals surface area contributed by atoms with E-state index < -0.39 is 0 Å². The van der Waals surface area contributed by atoms with Crippen LogP contribution in [0.15, 0.2) is 53.1 Å². The summed E-state index contributed by atoms with van der Waals surface area (Å²) in [5.74, 6) is 1.71. The quantitative estimate of drug-likeness (QED) is 0.400. The van der Waals surface area contributed by atoms with E-state index in [1.165, 1.54) is 45.4 Å². The summed E-state index contributed by atoms with van der Waals surface area (Å²) in [7, 11) is 0. The van der Waals surface area contributed by atoms with E-state index in [-0.39, 0.29) is 0 Å². The highest BCUT2D eigenvalue weighted by Crippen LogP contribution is 2.45. The van der Waals surface area contributed by atoms with Crippen LogP contribution in [-0.4, -0.2) is 4.98 Å². The van der Waals surface area contributed by atoms with Crippen LogP contribution in [0.1, 0.15) is 29.3 Å². The van der Waals surface area contributed by atoms with Gasteiger partial charge < -0.3 is 4.42 Å². The number of thiophene rings is 1. The molecule has 130 valence electrons. The van der Waals surface area contributed by atoms with Crippen molar-refractivity contribution < 1.29 is 4.42 Å². The van der Waals surface area contributed by atoms with Gasteiger partial charge in [-0.1, -0.05) is 37.3 Å². The van der Waals surface area contributed by atoms with Crippen LogP contribution < -0.4 is 0 Å². The second kappa shape index (κ2) is 6.10. The average molecular weight is 359 g/mol. The van der Waals surface area contributed by atoms with Crippen molar-refractivity contribution in [1.82, 2.24) is 4.98 Å². The van der Waals surface area contributed by atoms with E-state index in [9.17, 15) is 0 Å². The maximum atomic E-state index is 5.86. The highest BCUT2D eigenvalue weighted by molar-refractivity contribution is 7.19. The van der Waals surface area contributed by atoms with Crippen LogP contribution in [0.2, 0.25) is 0 Å². The summed E-state index contributed by atoms with van der Waals surface area (Å²) < 4.78 is 5.86. The maximum absolute atomic E-state index is 5.86. The molecule has 0 fully saturated rings. The molecule has 0 spiro atoms. The SMILES string of the molecule is Cc1c(-c2ccccc2)nc2sc3c(c2c1-c1ccco1)CC[C@H](C)C3. The molecule has 1 aromatic carbocycles. The molecule has 1 aliphatic carbocycles. The van der Waals surface area contributed by atoms with E-state index in [1.54, 1.807) is 6.26 Å². The van der Waals surface area contributed by atoms with Crippen LogP contribution in [0.3, 0.4) is 0 Å². The lowest BCUT2D eigenvalue weighted by atomic mass is 9.87. The molecule has 3 heteroatoms. The van der Waals surface area contributed by atoms with Gasteiger partial charge in [-0.05, 0) is 55.4 Å². The van der Waals surface area contributed by atoms with Crippen molar-refractivity contribution in [3.8, 4) is 22.6 Å². The van der Waals surface area contributed by atoms with Gasteiger partial charge >= 0.3 is 0 Å². The fourth-order valence-electron chi connectivity index (χ4n) is 4.17. The number of furan rings is 1. The molecule has 4 aromatic rings. The number of hydrogen-bond donors (Lipinski definition) is 0. The molecule has 26 heavy (non-hydrogen) atoms. The second-order valence-electron chi connectivity index (χ2n) is 7.34. The predicted octanol–water partition coefficient (Wildman–Crippen LogP) is 6.66. The molecule has 0 amide bonds. The zero-order chi connectivity index (χ0) is 17.7. The molecule has 5 rings (SSSR count). The Hall–Kier alpha value is -2.39. The highest BCUT2D eigenvalue weighted by Gasteiger charge is 2.26. The van der Waals surface area contributed by atoms with E-state index in [0.29, 0.717) is 0 Å². The standard InChI is InChI=1S/C23H21NOS/c1-14-10-11-17-19(13-14)26-23-21(17)20(18-9-6-12-25-18)15(2)22(24-23)16-7-4-3-5-8-16/h3-9,12,14H,10-11,13H2,1-2H3/t14-/m0/s1. The molecule has 3 aromatic heterocycles. The summed E-state index contributed by atoms with van der Waals surface area (Å²) >= 11 is 1.88. The lowest BCUT2D eigenvalue weighted by molar-refractivity contribution is 0.509. The average Bonchev–Trinajstić information content (AvgIpc) is 3.29. The first kappa shape index (κ1) is 15.8. The Morgan fingerprint density at radius 1 is 1.12 bits per heavy atom. The number of pyridine rings is 1. The predicted molar refractivity (Wildman–Crippen MR) is 109 cm³/mol. The Morgan fingerprint density at radius 3 is 2.73 bits per heavy atom. The van der Waals surface area contributed by atoms with Gasteiger partial charge in [-0.3, -0.25) is 0 Å². The molecule has 0 radical (unpaired) electrons. The van der Waals surface area contributed by atoms with E-state index in [4.69, 9.17) is 9.40 Å². The van der Waals surface area contributed by atoms with E-state index in [2.05, 4.69) is 50.2 Å². The lowest BCUT2D eigenvalue weighted by Gasteiger charge is -2.19. The molecular formula is C23H21NOS. The summed E-state index contributed by atoms with van der Waals surface area (Å²) in [5, 5.41) is 1.32. The number of rotatable bonds is 2. The minimum absolute atomic E-state index is 0.761. The van der Waals surface area contributed by atoms with E-state index in [0.717, 1.165) is 28.6 Å². The number of aryl methyl sites for hydroxylation is 1. The van der Waals surface area contributed by atoms with Gasteiger partial charge in [-0.25, -0.2) is 4.98 Å². The first-order chi connectivity index (χ1) is 12.7. The summed E-state index contributed by atoms with van der Waals surface area (Å²) in [5.41, 5.74) is 6.17. The van der Waals surface area contributed by atoms with Crippen molar-refractivity contribution >= 4 is 21.6 Å². The van der Waals surface area contributed by atoms with E-state index >= 15 is 0 Å². The molecular weight excluding hydrogens is 338 g/mol. The van der Waals surface area contributed by atoms with Gasteiger partial charge in [0, 0.05) is 21.4 Å². The van der Waals surface area contributed by atoms with Gasteiger partial charge in [0.2, 0.25) is 0 Å². The van der Waals surface area contributed by atoms with Gasteiger partial charge in [0.15, 0.2) is 0 Å². The molecule has 0 saturated carbocycles. The van der Waals surface area contributed by atoms with Crippen LogP contribution in [0.25, 0.3) is 32.8 Å². The summed E-state index contributed by atoms with van der Waals surface area (Å²) in [6.45, 7) is 4.54. The van der Waals surface area contributed by atoms with E-state index in [1.807, 2.05) is 17.4 Å². The normalized spacial score (nSPS) is 16.8. The minimum Gasteiger partial charge on any atom is -0.464 e. The third kappa shape index (κ3) is 2.42. The zero-order valence-electron chi connectivity index (χ0n) is 15.1. The molecule has 0 bridgehead atoms. The second-order valence-corrected chi connectivity index (χ2v) is 8.42. The molecule has 2 nitrogen and oxygen atoms in total. The Balaban J connectivity index is 1.86. The van der Waals surface area contributed by atoms with Crippen molar-refractivity contribution in [2.45, 2.75) is 33.1 Å². The largest absolute Gasteiger partial charge is 0.464 e. The molecule has 0 aliphatic heterocycles. The molecule has 0 N–H and O–H groups in total. The summed E-state index contributed by atoms with van der Waals surface area (Å²) in [4.78, 5) is 7.79. The fraction of sp³-hybridized carbons (Fsp3) is 0.261. The zero-order valence-corrected chi connectivity index (χ0v) is 15.9. The lowest BCUT2D eigenvalue weighted by Crippen LogP contribution is -2.08. The van der Waals surface area contributed by atoms with Crippen molar-refractivity contribution in [2.24, 2.45) is 5.92 Å². The van der Waals surface area contributed by atoms with Gasteiger partial charge in [0.05, 0.1) is 12.0 Å². The van der Waals surface area contributed by atoms with Crippen molar-refractivity contribution in [3.63, 3.8) is 0 Å². The Morgan fingerprint density at radius 2 is 1.96 bits per heavy atom. The number of aromatic nitrogens is 1. The van der Waals surface area contributed by atoms with Gasteiger partial charge in [-0.15, -0.1) is 11.3 Å². The topological polar surface area (TPSA) is 26.0 Å². The Labute approximate surface area is 157 Å². The highest BCUT2D eigenvalue weighted by atomic mass is 32.1. The maximum Gasteiger partial charge on any atom is 0.134 e. The van der Waals surface area contributed by atoms with Crippen molar-refractivity contribution in [2.75, 3.05) is 0 Å². The van der Waals surface area contributed by atoms with Crippen LogP contribution in [0.4, 0.5) is 0 Å². The smallest absolute Gasteiger partial charge is 0.134 e. The molecule has 1 aliphatic rings. The Kier molecular flexibility index (Phi) is 3.71. The number of fused-ring (bicyclic) bond motifs is 3. The molecule has 0 saturated heterocycles. The minimum atomic E-state index is 0.761. The van der Waals surface area contributed by atoms with Crippen LogP contribution in [-0.2, 0) is 12.8 Å². The van der Waals surface area contributed by atoms with Crippen LogP contribution in [0, 0.1) is 12.8 Å². The number of benzene rings is 1. The van der Waals surface area contributed by atoms with Gasteiger partial charge in [0.25, 0.3) is 0 Å². The summed E-state index contributed by atoms with van der Waals surface area (Å²) in [6, 6.07) is 14.5. The third-order valence-corrected chi connectivity index (χ3v) is 6.65. The van der Waals surface area contributed by atoms with Gasteiger partial charge in [0.1, 0.15) is 10.6 Å². The summed E-state index contributed by atoms with van der Waals surface area (Å²) in [6.07, 6.45) is 5.35. The fourth-order valence-corrected chi connectivity index (χ4v) is 5.56. The number of nitrogens with zero attached hydrogens (tertiary/aromatic N) is 1. The number of hydrogen-bond acceptors (Lipinski definition) is 3.